The van der Waals surface area contributed by atoms with Crippen molar-refractivity contribution in [3.63, 3.8) is 0 Å². The molecule has 166 valence electrons. The van der Waals surface area contributed by atoms with E-state index < -0.39 is 0 Å². The van der Waals surface area contributed by atoms with E-state index >= 15 is 0 Å². The summed E-state index contributed by atoms with van der Waals surface area (Å²) >= 11 is 1.57. The highest BCUT2D eigenvalue weighted by Gasteiger charge is 2.24. The average molecular weight is 441 g/mol. The molecule has 2 aliphatic rings. The number of carbonyl (C=O) groups excluding carboxylic acids is 1. The van der Waals surface area contributed by atoms with Crippen LogP contribution in [0.5, 0.6) is 0 Å². The quantitative estimate of drug-likeness (QED) is 0.484. The Morgan fingerprint density at radius 2 is 1.90 bits per heavy atom. The molecule has 1 atom stereocenters. The Labute approximate surface area is 189 Å². The van der Waals surface area contributed by atoms with Crippen molar-refractivity contribution < 1.29 is 4.79 Å². The van der Waals surface area contributed by atoms with Crippen LogP contribution in [-0.4, -0.2) is 76.2 Å². The lowest BCUT2D eigenvalue weighted by molar-refractivity contribution is -0.131. The molecule has 0 unspecified atom stereocenters. The van der Waals surface area contributed by atoms with Gasteiger partial charge in [-0.3, -0.25) is 9.69 Å². The molecule has 0 N–H and O–H groups in total. The minimum atomic E-state index is 0.304. The number of aromatic nitrogens is 3. The molecule has 0 bridgehead atoms. The largest absolute Gasteiger partial charge is 0.353 e. The number of hydrogen-bond donors (Lipinski definition) is 0. The zero-order valence-electron chi connectivity index (χ0n) is 18.3. The van der Waals surface area contributed by atoms with Gasteiger partial charge in [-0.15, -0.1) is 0 Å². The molecule has 4 rings (SSSR count). The molecule has 7 nitrogen and oxygen atoms in total. The number of carbonyl (C=O) groups is 1. The summed E-state index contributed by atoms with van der Waals surface area (Å²) in [5.41, 5.74) is 1.17. The van der Waals surface area contributed by atoms with Crippen molar-refractivity contribution in [2.45, 2.75) is 37.4 Å². The number of pyridine rings is 1. The van der Waals surface area contributed by atoms with Crippen molar-refractivity contribution in [2.24, 2.45) is 5.92 Å². The molecule has 0 aromatic carbocycles. The Morgan fingerprint density at radius 1 is 1.10 bits per heavy atom. The van der Waals surface area contributed by atoms with Gasteiger partial charge in [-0.05, 0) is 50.1 Å². The molecule has 2 saturated heterocycles. The summed E-state index contributed by atoms with van der Waals surface area (Å²) in [5, 5.41) is 0.819. The lowest BCUT2D eigenvalue weighted by Gasteiger charge is -2.36. The second-order valence-electron chi connectivity index (χ2n) is 8.42. The van der Waals surface area contributed by atoms with E-state index in [1.54, 1.807) is 11.8 Å². The molecular weight excluding hydrogens is 408 g/mol. The van der Waals surface area contributed by atoms with Gasteiger partial charge in [-0.1, -0.05) is 17.8 Å². The molecular formula is C23H32N6OS. The summed E-state index contributed by atoms with van der Waals surface area (Å²) in [6, 6.07) is 5.99. The van der Waals surface area contributed by atoms with Gasteiger partial charge in [-0.2, -0.15) is 0 Å². The molecule has 31 heavy (non-hydrogen) atoms. The maximum absolute atomic E-state index is 12.8. The molecule has 0 spiro atoms. The highest BCUT2D eigenvalue weighted by Crippen LogP contribution is 2.23. The van der Waals surface area contributed by atoms with Crippen molar-refractivity contribution in [1.29, 1.82) is 0 Å². The fourth-order valence-electron chi connectivity index (χ4n) is 4.53. The van der Waals surface area contributed by atoms with E-state index in [4.69, 9.17) is 0 Å². The SMILES string of the molecule is CSc1ncc(CN2CCC[C@H](CCC(=O)N3CCN(c4ccccn4)CC3)C2)cn1. The second kappa shape index (κ2) is 10.9. The van der Waals surface area contributed by atoms with Crippen LogP contribution in [0.1, 0.15) is 31.2 Å². The Hall–Kier alpha value is -2.19. The Bertz CT molecular complexity index is 826. The van der Waals surface area contributed by atoms with Crippen LogP contribution in [0.3, 0.4) is 0 Å². The summed E-state index contributed by atoms with van der Waals surface area (Å²) < 4.78 is 0. The van der Waals surface area contributed by atoms with Gasteiger partial charge < -0.3 is 9.80 Å². The zero-order valence-corrected chi connectivity index (χ0v) is 19.1. The number of piperazine rings is 1. The van der Waals surface area contributed by atoms with E-state index in [-0.39, 0.29) is 0 Å². The predicted molar refractivity (Wildman–Crippen MR) is 124 cm³/mol. The predicted octanol–water partition coefficient (Wildman–Crippen LogP) is 2.93. The Kier molecular flexibility index (Phi) is 7.75. The van der Waals surface area contributed by atoms with Gasteiger partial charge in [0.05, 0.1) is 0 Å². The highest BCUT2D eigenvalue weighted by atomic mass is 32.2. The monoisotopic (exact) mass is 440 g/mol. The van der Waals surface area contributed by atoms with Gasteiger partial charge in [0.1, 0.15) is 5.82 Å². The molecule has 2 aromatic heterocycles. The molecule has 2 aliphatic heterocycles. The fourth-order valence-corrected chi connectivity index (χ4v) is 4.85. The number of hydrogen-bond acceptors (Lipinski definition) is 7. The summed E-state index contributed by atoms with van der Waals surface area (Å²) in [7, 11) is 0. The topological polar surface area (TPSA) is 65.5 Å². The van der Waals surface area contributed by atoms with Crippen molar-refractivity contribution in [1.82, 2.24) is 24.8 Å². The molecule has 8 heteroatoms. The fraction of sp³-hybridized carbons (Fsp3) is 0.565. The lowest BCUT2D eigenvalue weighted by atomic mass is 9.93. The van der Waals surface area contributed by atoms with E-state index in [9.17, 15) is 4.79 Å². The first-order valence-corrected chi connectivity index (χ1v) is 12.4. The number of rotatable bonds is 7. The molecule has 0 aliphatic carbocycles. The lowest BCUT2D eigenvalue weighted by Crippen LogP contribution is -2.49. The normalized spacial score (nSPS) is 20.1. The van der Waals surface area contributed by atoms with Crippen LogP contribution in [0.2, 0.25) is 0 Å². The van der Waals surface area contributed by atoms with Gasteiger partial charge >= 0.3 is 0 Å². The first-order valence-electron chi connectivity index (χ1n) is 11.2. The van der Waals surface area contributed by atoms with Gasteiger partial charge in [0, 0.05) is 69.8 Å². The standard InChI is InChI=1S/C23H32N6OS/c1-31-23-25-15-20(16-26-23)18-27-10-4-5-19(17-27)7-8-22(30)29-13-11-28(12-14-29)21-6-2-3-9-24-21/h2-3,6,9,15-16,19H,4-5,7-8,10-14,17-18H2,1H3/t19-/m1/s1. The third-order valence-corrected chi connectivity index (χ3v) is 6.82. The van der Waals surface area contributed by atoms with Gasteiger partial charge in [0.25, 0.3) is 0 Å². The van der Waals surface area contributed by atoms with Crippen LogP contribution < -0.4 is 4.90 Å². The molecule has 2 fully saturated rings. The van der Waals surface area contributed by atoms with E-state index in [1.807, 2.05) is 47.9 Å². The Balaban J connectivity index is 1.19. The van der Waals surface area contributed by atoms with Crippen LogP contribution in [0.25, 0.3) is 0 Å². The van der Waals surface area contributed by atoms with Crippen LogP contribution >= 0.6 is 11.8 Å². The van der Waals surface area contributed by atoms with Crippen molar-refractivity contribution in [3.05, 3.63) is 42.4 Å². The first kappa shape index (κ1) is 22.0. The maximum atomic E-state index is 12.8. The third-order valence-electron chi connectivity index (χ3n) is 6.25. The van der Waals surface area contributed by atoms with E-state index in [0.29, 0.717) is 18.2 Å². The molecule has 0 saturated carbocycles. The molecule has 4 heterocycles. The summed E-state index contributed by atoms with van der Waals surface area (Å²) in [6.07, 6.45) is 11.8. The maximum Gasteiger partial charge on any atom is 0.222 e. The number of nitrogens with zero attached hydrogens (tertiary/aromatic N) is 6. The third kappa shape index (κ3) is 6.17. The molecule has 0 radical (unpaired) electrons. The average Bonchev–Trinajstić information content (AvgIpc) is 2.84. The van der Waals surface area contributed by atoms with E-state index in [0.717, 1.165) is 63.2 Å². The summed E-state index contributed by atoms with van der Waals surface area (Å²) in [6.45, 7) is 6.37. The van der Waals surface area contributed by atoms with Crippen molar-refractivity contribution in [2.75, 3.05) is 50.4 Å². The highest BCUT2D eigenvalue weighted by molar-refractivity contribution is 7.98. The van der Waals surface area contributed by atoms with Crippen LogP contribution in [-0.2, 0) is 11.3 Å². The molecule has 2 aromatic rings. The number of amides is 1. The van der Waals surface area contributed by atoms with Crippen LogP contribution in [0.4, 0.5) is 5.82 Å². The van der Waals surface area contributed by atoms with Gasteiger partial charge in [0.15, 0.2) is 5.16 Å². The smallest absolute Gasteiger partial charge is 0.222 e. The first-order chi connectivity index (χ1) is 15.2. The molecule has 1 amide bonds. The number of likely N-dealkylation sites (tertiary alicyclic amines) is 1. The van der Waals surface area contributed by atoms with Crippen molar-refractivity contribution in [3.8, 4) is 0 Å². The minimum Gasteiger partial charge on any atom is -0.353 e. The minimum absolute atomic E-state index is 0.304. The van der Waals surface area contributed by atoms with Crippen LogP contribution in [0.15, 0.2) is 41.9 Å². The van der Waals surface area contributed by atoms with E-state index in [2.05, 4.69) is 24.8 Å². The number of anilines is 1. The second-order valence-corrected chi connectivity index (χ2v) is 9.19. The van der Waals surface area contributed by atoms with E-state index in [1.165, 1.54) is 18.4 Å². The van der Waals surface area contributed by atoms with Crippen molar-refractivity contribution >= 4 is 23.5 Å². The number of thioether (sulfide) groups is 1. The zero-order chi connectivity index (χ0) is 21.5. The Morgan fingerprint density at radius 3 is 2.61 bits per heavy atom. The summed E-state index contributed by atoms with van der Waals surface area (Å²) in [5.74, 6) is 1.91. The van der Waals surface area contributed by atoms with Gasteiger partial charge in [-0.25, -0.2) is 15.0 Å². The number of piperidine rings is 1. The van der Waals surface area contributed by atoms with Gasteiger partial charge in [0.2, 0.25) is 5.91 Å². The van der Waals surface area contributed by atoms with Crippen LogP contribution in [0, 0.1) is 5.92 Å². The summed E-state index contributed by atoms with van der Waals surface area (Å²) in [4.78, 5) is 32.8.